The van der Waals surface area contributed by atoms with Gasteiger partial charge in [-0.05, 0) is 13.0 Å². The highest BCUT2D eigenvalue weighted by atomic mass is 16.4. The van der Waals surface area contributed by atoms with E-state index in [2.05, 4.69) is 12.0 Å². The predicted molar refractivity (Wildman–Crippen MR) is 34.5 cm³/mol. The van der Waals surface area contributed by atoms with E-state index in [1.54, 1.807) is 6.20 Å². The van der Waals surface area contributed by atoms with Gasteiger partial charge < -0.3 is 5.11 Å². The summed E-state index contributed by atoms with van der Waals surface area (Å²) in [4.78, 5) is 10.2. The summed E-state index contributed by atoms with van der Waals surface area (Å²) in [7, 11) is 0. The van der Waals surface area contributed by atoms with Gasteiger partial charge in [-0.1, -0.05) is 0 Å². The lowest BCUT2D eigenvalue weighted by Crippen LogP contribution is -2.00. The minimum absolute atomic E-state index is 0.0589. The van der Waals surface area contributed by atoms with Gasteiger partial charge in [0.05, 0.1) is 0 Å². The second-order valence-corrected chi connectivity index (χ2v) is 1.77. The zero-order chi connectivity index (χ0) is 7.56. The van der Waals surface area contributed by atoms with Crippen molar-refractivity contribution in [3.05, 3.63) is 24.9 Å². The monoisotopic (exact) mass is 139 g/mol. The molecule has 4 nitrogen and oxygen atoms in total. The summed E-state index contributed by atoms with van der Waals surface area (Å²) >= 11 is 0. The SMILES string of the molecule is [CH2]Cn1ccc(C(=O)O)n1. The second-order valence-electron chi connectivity index (χ2n) is 1.77. The summed E-state index contributed by atoms with van der Waals surface area (Å²) < 4.78 is 1.46. The molecule has 0 fully saturated rings. The molecule has 4 heteroatoms. The third kappa shape index (κ3) is 1.15. The van der Waals surface area contributed by atoms with Crippen molar-refractivity contribution < 1.29 is 9.90 Å². The molecule has 0 bridgehead atoms. The van der Waals surface area contributed by atoms with Crippen LogP contribution in [0.5, 0.6) is 0 Å². The highest BCUT2D eigenvalue weighted by molar-refractivity contribution is 5.84. The van der Waals surface area contributed by atoms with E-state index in [1.807, 2.05) is 0 Å². The van der Waals surface area contributed by atoms with Crippen LogP contribution in [-0.2, 0) is 6.54 Å². The Kier molecular flexibility index (Phi) is 1.71. The van der Waals surface area contributed by atoms with Crippen LogP contribution in [0.15, 0.2) is 12.3 Å². The molecule has 10 heavy (non-hydrogen) atoms. The van der Waals surface area contributed by atoms with Gasteiger partial charge in [0.2, 0.25) is 0 Å². The van der Waals surface area contributed by atoms with Crippen molar-refractivity contribution in [2.75, 3.05) is 0 Å². The lowest BCUT2D eigenvalue weighted by atomic mass is 10.5. The van der Waals surface area contributed by atoms with Crippen molar-refractivity contribution in [3.8, 4) is 0 Å². The van der Waals surface area contributed by atoms with Crippen LogP contribution in [0.4, 0.5) is 0 Å². The number of aromatic carboxylic acids is 1. The Morgan fingerprint density at radius 2 is 2.60 bits per heavy atom. The first-order valence-electron chi connectivity index (χ1n) is 2.80. The van der Waals surface area contributed by atoms with Crippen molar-refractivity contribution in [3.63, 3.8) is 0 Å². The van der Waals surface area contributed by atoms with Crippen molar-refractivity contribution in [2.24, 2.45) is 0 Å². The fraction of sp³-hybridized carbons (Fsp3) is 0.167. The van der Waals surface area contributed by atoms with Gasteiger partial charge in [0.1, 0.15) is 0 Å². The first kappa shape index (κ1) is 6.80. The fourth-order valence-corrected chi connectivity index (χ4v) is 0.600. The molecule has 0 unspecified atom stereocenters. The molecule has 0 saturated carbocycles. The second kappa shape index (κ2) is 2.51. The highest BCUT2D eigenvalue weighted by Gasteiger charge is 2.04. The van der Waals surface area contributed by atoms with E-state index in [0.717, 1.165) is 0 Å². The van der Waals surface area contributed by atoms with Crippen LogP contribution >= 0.6 is 0 Å². The summed E-state index contributed by atoms with van der Waals surface area (Å²) in [5.41, 5.74) is 0.0589. The number of nitrogens with zero attached hydrogens (tertiary/aromatic N) is 2. The van der Waals surface area contributed by atoms with Gasteiger partial charge in [0.15, 0.2) is 5.69 Å². The van der Waals surface area contributed by atoms with Crippen LogP contribution in [0.1, 0.15) is 10.5 Å². The van der Waals surface area contributed by atoms with Gasteiger partial charge in [0.25, 0.3) is 0 Å². The molecule has 1 aromatic heterocycles. The van der Waals surface area contributed by atoms with Crippen LogP contribution < -0.4 is 0 Å². The average Bonchev–Trinajstić information content (AvgIpc) is 2.34. The third-order valence-corrected chi connectivity index (χ3v) is 1.09. The Hall–Kier alpha value is -1.32. The number of carboxylic acids is 1. The standard InChI is InChI=1S/C6H7N2O2/c1-2-8-4-3-5(7-8)6(9)10/h3-4H,1-2H2,(H,9,10). The number of carbonyl (C=O) groups is 1. The number of hydrogen-bond donors (Lipinski definition) is 1. The molecule has 1 heterocycles. The molecule has 53 valence electrons. The summed E-state index contributed by atoms with van der Waals surface area (Å²) in [5.74, 6) is -1.01. The molecule has 0 aliphatic rings. The van der Waals surface area contributed by atoms with Crippen LogP contribution in [0.2, 0.25) is 0 Å². The molecule has 1 rings (SSSR count). The molecule has 0 aliphatic carbocycles. The summed E-state index contributed by atoms with van der Waals surface area (Å²) in [6.07, 6.45) is 1.58. The third-order valence-electron chi connectivity index (χ3n) is 1.09. The maximum atomic E-state index is 10.2. The fourth-order valence-electron chi connectivity index (χ4n) is 0.600. The van der Waals surface area contributed by atoms with Gasteiger partial charge in [-0.2, -0.15) is 5.10 Å². The molecule has 1 aromatic rings. The quantitative estimate of drug-likeness (QED) is 0.645. The molecule has 0 spiro atoms. The topological polar surface area (TPSA) is 55.1 Å². The summed E-state index contributed by atoms with van der Waals surface area (Å²) in [6.45, 7) is 3.99. The molecule has 0 amide bonds. The smallest absolute Gasteiger partial charge is 0.356 e. The Balaban J connectivity index is 2.88. The van der Waals surface area contributed by atoms with E-state index < -0.39 is 5.97 Å². The minimum atomic E-state index is -1.01. The zero-order valence-electron chi connectivity index (χ0n) is 5.32. The zero-order valence-corrected chi connectivity index (χ0v) is 5.32. The Bertz CT molecular complexity index is 242. The molecule has 0 saturated heterocycles. The molecule has 0 aromatic carbocycles. The van der Waals surface area contributed by atoms with Gasteiger partial charge in [-0.15, -0.1) is 0 Å². The van der Waals surface area contributed by atoms with Crippen molar-refractivity contribution >= 4 is 5.97 Å². The Morgan fingerprint density at radius 1 is 1.90 bits per heavy atom. The molecule has 0 aliphatic heterocycles. The first-order chi connectivity index (χ1) is 4.74. The summed E-state index contributed by atoms with van der Waals surface area (Å²) in [5, 5.41) is 12.1. The predicted octanol–water partition coefficient (Wildman–Crippen LogP) is 0.415. The van der Waals surface area contributed by atoms with Crippen molar-refractivity contribution in [1.82, 2.24) is 9.78 Å². The number of aromatic nitrogens is 2. The van der Waals surface area contributed by atoms with E-state index in [-0.39, 0.29) is 5.69 Å². The largest absolute Gasteiger partial charge is 0.476 e. The van der Waals surface area contributed by atoms with E-state index in [1.165, 1.54) is 10.7 Å². The maximum absolute atomic E-state index is 10.2. The molecule has 1 N–H and O–H groups in total. The lowest BCUT2D eigenvalue weighted by Gasteiger charge is -1.89. The number of rotatable bonds is 2. The van der Waals surface area contributed by atoms with Gasteiger partial charge in [0, 0.05) is 12.7 Å². The minimum Gasteiger partial charge on any atom is -0.476 e. The Morgan fingerprint density at radius 3 is 2.90 bits per heavy atom. The highest BCUT2D eigenvalue weighted by Crippen LogP contribution is 1.93. The lowest BCUT2D eigenvalue weighted by molar-refractivity contribution is 0.0689. The normalized spacial score (nSPS) is 9.70. The molecule has 1 radical (unpaired) electrons. The van der Waals surface area contributed by atoms with E-state index in [0.29, 0.717) is 6.54 Å². The molecular formula is C6H7N2O2. The molecular weight excluding hydrogens is 132 g/mol. The van der Waals surface area contributed by atoms with Crippen LogP contribution in [0.3, 0.4) is 0 Å². The van der Waals surface area contributed by atoms with Crippen molar-refractivity contribution in [2.45, 2.75) is 6.54 Å². The first-order valence-corrected chi connectivity index (χ1v) is 2.80. The van der Waals surface area contributed by atoms with Crippen molar-refractivity contribution in [1.29, 1.82) is 0 Å². The van der Waals surface area contributed by atoms with Crippen LogP contribution in [-0.4, -0.2) is 20.9 Å². The number of carboxylic acid groups (broad SMARTS) is 1. The average molecular weight is 139 g/mol. The molecule has 0 atom stereocenters. The van der Waals surface area contributed by atoms with E-state index >= 15 is 0 Å². The number of hydrogen-bond acceptors (Lipinski definition) is 2. The summed E-state index contributed by atoms with van der Waals surface area (Å²) in [6, 6.07) is 1.44. The van der Waals surface area contributed by atoms with Gasteiger partial charge >= 0.3 is 5.97 Å². The van der Waals surface area contributed by atoms with Gasteiger partial charge in [-0.25, -0.2) is 4.79 Å². The van der Waals surface area contributed by atoms with Crippen LogP contribution in [0.25, 0.3) is 0 Å². The maximum Gasteiger partial charge on any atom is 0.356 e. The van der Waals surface area contributed by atoms with Gasteiger partial charge in [-0.3, -0.25) is 4.68 Å². The van der Waals surface area contributed by atoms with Crippen LogP contribution in [0, 0.1) is 6.92 Å². The van der Waals surface area contributed by atoms with E-state index in [9.17, 15) is 4.79 Å². The van der Waals surface area contributed by atoms with E-state index in [4.69, 9.17) is 5.11 Å². The Labute approximate surface area is 58.1 Å².